The van der Waals surface area contributed by atoms with E-state index >= 15 is 0 Å². The third-order valence-corrected chi connectivity index (χ3v) is 4.54. The van der Waals surface area contributed by atoms with Crippen LogP contribution in [-0.2, 0) is 0 Å². The molecule has 118 valence electrons. The van der Waals surface area contributed by atoms with Crippen molar-refractivity contribution in [1.82, 2.24) is 10.2 Å². The highest BCUT2D eigenvalue weighted by Crippen LogP contribution is 2.21. The Balaban J connectivity index is 0.00000161. The first kappa shape index (κ1) is 16.5. The summed E-state index contributed by atoms with van der Waals surface area (Å²) in [5.74, 6) is 0.746. The maximum atomic E-state index is 13.8. The summed E-state index contributed by atoms with van der Waals surface area (Å²) in [4.78, 5) is 4.72. The molecule has 2 heterocycles. The van der Waals surface area contributed by atoms with Gasteiger partial charge < -0.3 is 10.2 Å². The Morgan fingerprint density at radius 2 is 1.71 bits per heavy atom. The highest BCUT2D eigenvalue weighted by Gasteiger charge is 2.22. The summed E-state index contributed by atoms with van der Waals surface area (Å²) in [6.07, 6.45) is 2.60. The highest BCUT2D eigenvalue weighted by molar-refractivity contribution is 5.85. The molecule has 5 heteroatoms. The van der Waals surface area contributed by atoms with Crippen molar-refractivity contribution < 1.29 is 4.39 Å². The zero-order valence-corrected chi connectivity index (χ0v) is 13.2. The number of anilines is 1. The van der Waals surface area contributed by atoms with E-state index in [1.54, 1.807) is 12.1 Å². The Kier molecular flexibility index (Phi) is 6.27. The fourth-order valence-corrected chi connectivity index (χ4v) is 3.31. The molecule has 0 bridgehead atoms. The average Bonchev–Trinajstić information content (AvgIpc) is 2.50. The van der Waals surface area contributed by atoms with Gasteiger partial charge in [-0.25, -0.2) is 4.39 Å². The van der Waals surface area contributed by atoms with E-state index in [1.165, 1.54) is 32.5 Å². The van der Waals surface area contributed by atoms with Crippen LogP contribution in [0.15, 0.2) is 24.3 Å². The number of rotatable bonds is 3. The smallest absolute Gasteiger partial charge is 0.146 e. The topological polar surface area (TPSA) is 18.5 Å². The van der Waals surface area contributed by atoms with Crippen molar-refractivity contribution in [2.24, 2.45) is 5.92 Å². The van der Waals surface area contributed by atoms with Gasteiger partial charge in [-0.05, 0) is 44.0 Å². The van der Waals surface area contributed by atoms with Crippen molar-refractivity contribution >= 4 is 18.1 Å². The maximum absolute atomic E-state index is 13.8. The quantitative estimate of drug-likeness (QED) is 0.924. The molecule has 1 aromatic rings. The molecule has 0 unspecified atom stereocenters. The molecule has 2 aliphatic heterocycles. The number of hydrogen-bond donors (Lipinski definition) is 1. The Hall–Kier alpha value is -0.840. The normalized spacial score (nSPS) is 21.1. The van der Waals surface area contributed by atoms with Crippen LogP contribution < -0.4 is 10.2 Å². The molecule has 0 saturated carbocycles. The zero-order valence-electron chi connectivity index (χ0n) is 12.4. The van der Waals surface area contributed by atoms with Gasteiger partial charge in [0.2, 0.25) is 0 Å². The summed E-state index contributed by atoms with van der Waals surface area (Å²) >= 11 is 0. The Labute approximate surface area is 132 Å². The van der Waals surface area contributed by atoms with Crippen LogP contribution in [0, 0.1) is 11.7 Å². The Morgan fingerprint density at radius 1 is 1.05 bits per heavy atom. The maximum Gasteiger partial charge on any atom is 0.146 e. The van der Waals surface area contributed by atoms with E-state index in [0.717, 1.165) is 37.8 Å². The molecule has 2 aliphatic rings. The lowest BCUT2D eigenvalue weighted by atomic mass is 9.97. The minimum atomic E-state index is -0.0979. The van der Waals surface area contributed by atoms with Crippen LogP contribution in [-0.4, -0.2) is 50.7 Å². The van der Waals surface area contributed by atoms with Crippen LogP contribution in [0.25, 0.3) is 0 Å². The van der Waals surface area contributed by atoms with Gasteiger partial charge in [-0.3, -0.25) is 4.90 Å². The first-order valence-corrected chi connectivity index (χ1v) is 7.75. The van der Waals surface area contributed by atoms with Crippen LogP contribution in [0.5, 0.6) is 0 Å². The fourth-order valence-electron chi connectivity index (χ4n) is 3.31. The molecule has 1 N–H and O–H groups in total. The molecule has 3 nitrogen and oxygen atoms in total. The van der Waals surface area contributed by atoms with E-state index in [0.29, 0.717) is 0 Å². The van der Waals surface area contributed by atoms with Crippen LogP contribution in [0.1, 0.15) is 12.8 Å². The predicted molar refractivity (Wildman–Crippen MR) is 87.9 cm³/mol. The second-order valence-corrected chi connectivity index (χ2v) is 5.93. The van der Waals surface area contributed by atoms with Crippen molar-refractivity contribution in [3.63, 3.8) is 0 Å². The molecular formula is C16H25ClFN3. The van der Waals surface area contributed by atoms with Gasteiger partial charge >= 0.3 is 0 Å². The molecule has 2 saturated heterocycles. The van der Waals surface area contributed by atoms with Crippen LogP contribution in [0.3, 0.4) is 0 Å². The number of nitrogens with zero attached hydrogens (tertiary/aromatic N) is 2. The third-order valence-electron chi connectivity index (χ3n) is 4.54. The molecule has 2 fully saturated rings. The van der Waals surface area contributed by atoms with Gasteiger partial charge in [0.05, 0.1) is 5.69 Å². The first-order valence-electron chi connectivity index (χ1n) is 7.75. The van der Waals surface area contributed by atoms with E-state index < -0.39 is 0 Å². The summed E-state index contributed by atoms with van der Waals surface area (Å²) in [5, 5.41) is 3.42. The molecule has 0 spiro atoms. The summed E-state index contributed by atoms with van der Waals surface area (Å²) in [6.45, 7) is 7.53. The lowest BCUT2D eigenvalue weighted by molar-refractivity contribution is 0.196. The number of piperazine rings is 1. The molecular weight excluding hydrogens is 289 g/mol. The molecule has 21 heavy (non-hydrogen) atoms. The van der Waals surface area contributed by atoms with Crippen molar-refractivity contribution in [3.8, 4) is 0 Å². The SMILES string of the molecule is Cl.Fc1ccccc1N1CCN(CC2CCNCC2)CC1. The van der Waals surface area contributed by atoms with Gasteiger partial charge in [0, 0.05) is 32.7 Å². The van der Waals surface area contributed by atoms with Gasteiger partial charge in [0.25, 0.3) is 0 Å². The minimum absolute atomic E-state index is 0. The van der Waals surface area contributed by atoms with Crippen LogP contribution in [0.4, 0.5) is 10.1 Å². The molecule has 3 rings (SSSR count). The number of piperidine rings is 1. The zero-order chi connectivity index (χ0) is 13.8. The molecule has 1 aromatic carbocycles. The summed E-state index contributed by atoms with van der Waals surface area (Å²) in [6, 6.07) is 7.11. The van der Waals surface area contributed by atoms with Gasteiger partial charge in [-0.15, -0.1) is 12.4 Å². The summed E-state index contributed by atoms with van der Waals surface area (Å²) < 4.78 is 13.8. The van der Waals surface area contributed by atoms with E-state index in [1.807, 2.05) is 12.1 Å². The monoisotopic (exact) mass is 313 g/mol. The number of benzene rings is 1. The minimum Gasteiger partial charge on any atom is -0.367 e. The third kappa shape index (κ3) is 4.31. The first-order chi connectivity index (χ1) is 9.83. The van der Waals surface area contributed by atoms with Gasteiger partial charge in [-0.2, -0.15) is 0 Å². The second kappa shape index (κ2) is 7.97. The Morgan fingerprint density at radius 3 is 2.38 bits per heavy atom. The highest BCUT2D eigenvalue weighted by atomic mass is 35.5. The number of nitrogens with one attached hydrogen (secondary N) is 1. The standard InChI is InChI=1S/C16H24FN3.ClH/c17-15-3-1-2-4-16(15)20-11-9-19(10-12-20)13-14-5-7-18-8-6-14;/h1-4,14,18H,5-13H2;1H. The van der Waals surface area contributed by atoms with E-state index in [2.05, 4.69) is 15.1 Å². The van der Waals surface area contributed by atoms with Crippen molar-refractivity contribution in [3.05, 3.63) is 30.1 Å². The fraction of sp³-hybridized carbons (Fsp3) is 0.625. The average molecular weight is 314 g/mol. The lowest BCUT2D eigenvalue weighted by Crippen LogP contribution is -2.48. The molecule has 0 atom stereocenters. The van der Waals surface area contributed by atoms with Crippen molar-refractivity contribution in [2.75, 3.05) is 50.7 Å². The van der Waals surface area contributed by atoms with Crippen molar-refractivity contribution in [1.29, 1.82) is 0 Å². The van der Waals surface area contributed by atoms with Crippen LogP contribution >= 0.6 is 12.4 Å². The van der Waals surface area contributed by atoms with E-state index in [4.69, 9.17) is 0 Å². The summed E-state index contributed by atoms with van der Waals surface area (Å²) in [5.41, 5.74) is 0.758. The molecule has 0 amide bonds. The van der Waals surface area contributed by atoms with Gasteiger partial charge in [0.1, 0.15) is 5.82 Å². The largest absolute Gasteiger partial charge is 0.367 e. The predicted octanol–water partition coefficient (Wildman–Crippen LogP) is 2.37. The lowest BCUT2D eigenvalue weighted by Gasteiger charge is -2.38. The van der Waals surface area contributed by atoms with E-state index in [9.17, 15) is 4.39 Å². The van der Waals surface area contributed by atoms with Crippen LogP contribution in [0.2, 0.25) is 0 Å². The van der Waals surface area contributed by atoms with Crippen molar-refractivity contribution in [2.45, 2.75) is 12.8 Å². The molecule has 0 radical (unpaired) electrons. The van der Waals surface area contributed by atoms with Gasteiger partial charge in [0.15, 0.2) is 0 Å². The molecule has 0 aliphatic carbocycles. The van der Waals surface area contributed by atoms with E-state index in [-0.39, 0.29) is 18.2 Å². The number of halogens is 2. The van der Waals surface area contributed by atoms with Gasteiger partial charge in [-0.1, -0.05) is 12.1 Å². The Bertz CT molecular complexity index is 429. The molecule has 0 aromatic heterocycles. The summed E-state index contributed by atoms with van der Waals surface area (Å²) in [7, 11) is 0. The number of hydrogen-bond acceptors (Lipinski definition) is 3. The second-order valence-electron chi connectivity index (χ2n) is 5.93. The number of para-hydroxylation sites is 1.